The standard InChI is InChI=1S/C14H13NO5/c1-14(2,10(16)7-11(17)18)15-12(19)8-5-3-4-6-9(8)13(15)20/h3-6H,7H2,1-2H3,(H,17,18). The van der Waals surface area contributed by atoms with E-state index in [2.05, 4.69) is 0 Å². The van der Waals surface area contributed by atoms with E-state index in [1.807, 2.05) is 0 Å². The van der Waals surface area contributed by atoms with E-state index in [-0.39, 0.29) is 11.1 Å². The van der Waals surface area contributed by atoms with Gasteiger partial charge in [-0.05, 0) is 26.0 Å². The summed E-state index contributed by atoms with van der Waals surface area (Å²) < 4.78 is 0. The molecular formula is C14H13NO5. The maximum absolute atomic E-state index is 12.2. The summed E-state index contributed by atoms with van der Waals surface area (Å²) in [5.41, 5.74) is -1.03. The third kappa shape index (κ3) is 1.99. The molecule has 0 fully saturated rings. The van der Waals surface area contributed by atoms with Crippen LogP contribution in [0.2, 0.25) is 0 Å². The number of carbonyl (C=O) groups excluding carboxylic acids is 3. The first-order chi connectivity index (χ1) is 9.26. The largest absolute Gasteiger partial charge is 0.481 e. The van der Waals surface area contributed by atoms with E-state index in [0.717, 1.165) is 4.90 Å². The number of hydrogen-bond acceptors (Lipinski definition) is 4. The van der Waals surface area contributed by atoms with Gasteiger partial charge in [0.15, 0.2) is 5.78 Å². The van der Waals surface area contributed by atoms with Crippen molar-refractivity contribution in [3.05, 3.63) is 35.4 Å². The molecule has 1 aromatic rings. The number of imide groups is 1. The van der Waals surface area contributed by atoms with Crippen molar-refractivity contribution in [1.82, 2.24) is 4.90 Å². The lowest BCUT2D eigenvalue weighted by atomic mass is 9.94. The third-order valence-corrected chi connectivity index (χ3v) is 3.35. The normalized spacial score (nSPS) is 14.4. The maximum atomic E-state index is 12.2. The minimum absolute atomic E-state index is 0.230. The van der Waals surface area contributed by atoms with Gasteiger partial charge in [-0.25, -0.2) is 0 Å². The molecule has 2 amide bonds. The quantitative estimate of drug-likeness (QED) is 0.656. The Kier molecular flexibility index (Phi) is 3.17. The summed E-state index contributed by atoms with van der Waals surface area (Å²) in [5.74, 6) is -3.14. The lowest BCUT2D eigenvalue weighted by molar-refractivity contribution is -0.142. The van der Waals surface area contributed by atoms with Crippen molar-refractivity contribution in [2.45, 2.75) is 25.8 Å². The van der Waals surface area contributed by atoms with Crippen molar-refractivity contribution in [2.75, 3.05) is 0 Å². The van der Waals surface area contributed by atoms with Gasteiger partial charge >= 0.3 is 5.97 Å². The minimum atomic E-state index is -1.49. The van der Waals surface area contributed by atoms with Crippen LogP contribution < -0.4 is 0 Å². The number of amides is 2. The fourth-order valence-electron chi connectivity index (χ4n) is 2.18. The van der Waals surface area contributed by atoms with Gasteiger partial charge in [0, 0.05) is 0 Å². The Balaban J connectivity index is 2.40. The van der Waals surface area contributed by atoms with Crippen molar-refractivity contribution in [3.8, 4) is 0 Å². The molecule has 2 rings (SSSR count). The Hall–Kier alpha value is -2.50. The molecule has 0 radical (unpaired) electrons. The molecule has 6 heteroatoms. The predicted molar refractivity (Wildman–Crippen MR) is 68.3 cm³/mol. The first-order valence-electron chi connectivity index (χ1n) is 6.00. The Morgan fingerprint density at radius 1 is 1.10 bits per heavy atom. The molecule has 6 nitrogen and oxygen atoms in total. The molecule has 1 heterocycles. The summed E-state index contributed by atoms with van der Waals surface area (Å²) in [6.45, 7) is 2.75. The number of aliphatic carboxylic acids is 1. The molecule has 20 heavy (non-hydrogen) atoms. The Labute approximate surface area is 115 Å². The van der Waals surface area contributed by atoms with E-state index in [0.29, 0.717) is 0 Å². The highest BCUT2D eigenvalue weighted by atomic mass is 16.4. The second-order valence-electron chi connectivity index (χ2n) is 5.04. The molecule has 1 aromatic carbocycles. The highest BCUT2D eigenvalue weighted by Gasteiger charge is 2.47. The molecule has 0 atom stereocenters. The zero-order valence-electron chi connectivity index (χ0n) is 11.0. The molecule has 1 N–H and O–H groups in total. The molecule has 1 aliphatic heterocycles. The zero-order chi connectivity index (χ0) is 15.1. The lowest BCUT2D eigenvalue weighted by Gasteiger charge is -2.31. The van der Waals surface area contributed by atoms with E-state index in [4.69, 9.17) is 5.11 Å². The lowest BCUT2D eigenvalue weighted by Crippen LogP contribution is -2.53. The Morgan fingerprint density at radius 3 is 1.95 bits per heavy atom. The van der Waals surface area contributed by atoms with Crippen LogP contribution in [0.25, 0.3) is 0 Å². The number of hydrogen-bond donors (Lipinski definition) is 1. The molecule has 0 aliphatic carbocycles. The smallest absolute Gasteiger partial charge is 0.310 e. The zero-order valence-corrected chi connectivity index (χ0v) is 11.0. The molecule has 104 valence electrons. The molecule has 0 saturated heterocycles. The number of carboxylic acids is 1. The van der Waals surface area contributed by atoms with Gasteiger partial charge in [-0.1, -0.05) is 12.1 Å². The number of ketones is 1. The molecule has 0 unspecified atom stereocenters. The van der Waals surface area contributed by atoms with Gasteiger partial charge in [0.1, 0.15) is 12.0 Å². The number of carbonyl (C=O) groups is 4. The molecule has 0 bridgehead atoms. The fraction of sp³-hybridized carbons (Fsp3) is 0.286. The average molecular weight is 275 g/mol. The topological polar surface area (TPSA) is 91.8 Å². The predicted octanol–water partition coefficient (Wildman–Crippen LogP) is 1.11. The number of carboxylic acid groups (broad SMARTS) is 1. The van der Waals surface area contributed by atoms with Gasteiger partial charge in [-0.15, -0.1) is 0 Å². The van der Waals surface area contributed by atoms with Crippen molar-refractivity contribution in [1.29, 1.82) is 0 Å². The fourth-order valence-corrected chi connectivity index (χ4v) is 2.18. The summed E-state index contributed by atoms with van der Waals surface area (Å²) in [4.78, 5) is 48.0. The van der Waals surface area contributed by atoms with Crippen LogP contribution in [0.3, 0.4) is 0 Å². The third-order valence-electron chi connectivity index (χ3n) is 3.35. The van der Waals surface area contributed by atoms with Gasteiger partial charge in [0.25, 0.3) is 11.8 Å². The molecule has 1 aliphatic rings. The van der Waals surface area contributed by atoms with Crippen LogP contribution in [0, 0.1) is 0 Å². The summed E-state index contributed by atoms with van der Waals surface area (Å²) in [6, 6.07) is 6.26. The van der Waals surface area contributed by atoms with E-state index in [1.165, 1.54) is 26.0 Å². The van der Waals surface area contributed by atoms with E-state index in [1.54, 1.807) is 12.1 Å². The van der Waals surface area contributed by atoms with E-state index < -0.39 is 35.5 Å². The SMILES string of the molecule is CC(C)(C(=O)CC(=O)O)N1C(=O)c2ccccc2C1=O. The van der Waals surface area contributed by atoms with Gasteiger partial charge in [0.05, 0.1) is 11.1 Å². The van der Waals surface area contributed by atoms with Crippen LogP contribution in [0.15, 0.2) is 24.3 Å². The summed E-state index contributed by atoms with van der Waals surface area (Å²) >= 11 is 0. The van der Waals surface area contributed by atoms with Crippen LogP contribution in [0.1, 0.15) is 41.0 Å². The highest BCUT2D eigenvalue weighted by Crippen LogP contribution is 2.30. The van der Waals surface area contributed by atoms with E-state index in [9.17, 15) is 19.2 Å². The van der Waals surface area contributed by atoms with Crippen LogP contribution in [0.5, 0.6) is 0 Å². The Morgan fingerprint density at radius 2 is 1.55 bits per heavy atom. The number of nitrogens with zero attached hydrogens (tertiary/aromatic N) is 1. The van der Waals surface area contributed by atoms with Crippen LogP contribution >= 0.6 is 0 Å². The molecular weight excluding hydrogens is 262 g/mol. The van der Waals surface area contributed by atoms with Gasteiger partial charge in [-0.3, -0.25) is 24.1 Å². The monoisotopic (exact) mass is 275 g/mol. The second kappa shape index (κ2) is 4.56. The van der Waals surface area contributed by atoms with Crippen LogP contribution in [-0.2, 0) is 9.59 Å². The van der Waals surface area contributed by atoms with Gasteiger partial charge < -0.3 is 5.11 Å². The number of benzene rings is 1. The van der Waals surface area contributed by atoms with Crippen molar-refractivity contribution >= 4 is 23.6 Å². The highest BCUT2D eigenvalue weighted by molar-refractivity contribution is 6.23. The molecule has 0 saturated carbocycles. The maximum Gasteiger partial charge on any atom is 0.310 e. The van der Waals surface area contributed by atoms with Crippen LogP contribution in [-0.4, -0.2) is 39.1 Å². The summed E-state index contributed by atoms with van der Waals surface area (Å²) in [5, 5.41) is 8.69. The van der Waals surface area contributed by atoms with Crippen molar-refractivity contribution in [2.24, 2.45) is 0 Å². The first-order valence-corrected chi connectivity index (χ1v) is 6.00. The molecule has 0 aromatic heterocycles. The number of rotatable bonds is 4. The molecule has 0 spiro atoms. The first kappa shape index (κ1) is 13.9. The number of Topliss-reactive ketones (excluding diaryl/α,β-unsaturated/α-hetero) is 1. The van der Waals surface area contributed by atoms with Gasteiger partial charge in [-0.2, -0.15) is 0 Å². The summed E-state index contributed by atoms with van der Waals surface area (Å²) in [7, 11) is 0. The second-order valence-corrected chi connectivity index (χ2v) is 5.04. The summed E-state index contributed by atoms with van der Waals surface area (Å²) in [6.07, 6.45) is -0.736. The Bertz CT molecular complexity index is 597. The average Bonchev–Trinajstić information content (AvgIpc) is 2.62. The van der Waals surface area contributed by atoms with E-state index >= 15 is 0 Å². The minimum Gasteiger partial charge on any atom is -0.481 e. The number of fused-ring (bicyclic) bond motifs is 1. The van der Waals surface area contributed by atoms with Crippen LogP contribution in [0.4, 0.5) is 0 Å². The van der Waals surface area contributed by atoms with Crippen molar-refractivity contribution < 1.29 is 24.3 Å². The van der Waals surface area contributed by atoms with Gasteiger partial charge in [0.2, 0.25) is 0 Å². The van der Waals surface area contributed by atoms with Crippen molar-refractivity contribution in [3.63, 3.8) is 0 Å².